The van der Waals surface area contributed by atoms with Crippen molar-refractivity contribution in [3.05, 3.63) is 53.3 Å². The normalized spacial score (nSPS) is 19.0. The first kappa shape index (κ1) is 17.4. The van der Waals surface area contributed by atoms with Crippen LogP contribution < -0.4 is 15.4 Å². The number of anilines is 2. The SMILES string of the molecule is CCC1Nc2ccc(C(=O)Nc3cc(F)c(F)c(F)c3)cc2S(=O)N1. The Hall–Kier alpha value is -2.39. The molecule has 1 aliphatic heterocycles. The van der Waals surface area contributed by atoms with Crippen LogP contribution in [0.15, 0.2) is 35.2 Å². The van der Waals surface area contributed by atoms with Crippen molar-refractivity contribution in [3.63, 3.8) is 0 Å². The molecule has 0 saturated carbocycles. The summed E-state index contributed by atoms with van der Waals surface area (Å²) in [6.07, 6.45) is 0.577. The second-order valence-corrected chi connectivity index (χ2v) is 6.62. The summed E-state index contributed by atoms with van der Waals surface area (Å²) in [6, 6.07) is 5.89. The molecule has 1 heterocycles. The highest BCUT2D eigenvalue weighted by Crippen LogP contribution is 2.26. The number of nitrogens with one attached hydrogen (secondary N) is 3. The van der Waals surface area contributed by atoms with Gasteiger partial charge in [0.15, 0.2) is 17.5 Å². The highest BCUT2D eigenvalue weighted by atomic mass is 32.2. The summed E-state index contributed by atoms with van der Waals surface area (Å²) in [4.78, 5) is 12.6. The molecule has 2 unspecified atom stereocenters. The fourth-order valence-electron chi connectivity index (χ4n) is 2.36. The summed E-state index contributed by atoms with van der Waals surface area (Å²) in [5.74, 6) is -5.07. The maximum atomic E-state index is 13.2. The molecule has 5 nitrogen and oxygen atoms in total. The highest BCUT2D eigenvalue weighted by molar-refractivity contribution is 7.83. The van der Waals surface area contributed by atoms with Crippen LogP contribution in [0.3, 0.4) is 0 Å². The van der Waals surface area contributed by atoms with Gasteiger partial charge in [0.2, 0.25) is 0 Å². The molecule has 0 aromatic heterocycles. The second kappa shape index (κ2) is 6.85. The lowest BCUT2D eigenvalue weighted by molar-refractivity contribution is 0.102. The van der Waals surface area contributed by atoms with E-state index in [-0.39, 0.29) is 17.4 Å². The van der Waals surface area contributed by atoms with Crippen molar-refractivity contribution in [2.75, 3.05) is 10.6 Å². The monoisotopic (exact) mass is 369 g/mol. The van der Waals surface area contributed by atoms with Crippen molar-refractivity contribution < 1.29 is 22.2 Å². The van der Waals surface area contributed by atoms with Crippen molar-refractivity contribution >= 4 is 28.3 Å². The molecule has 25 heavy (non-hydrogen) atoms. The minimum atomic E-state index is -1.61. The first-order valence-corrected chi connectivity index (χ1v) is 8.58. The van der Waals surface area contributed by atoms with Gasteiger partial charge < -0.3 is 10.6 Å². The molecule has 0 saturated heterocycles. The molecule has 2 aromatic rings. The molecule has 0 aliphatic carbocycles. The molecule has 3 rings (SSSR count). The van der Waals surface area contributed by atoms with Crippen LogP contribution in [0.2, 0.25) is 0 Å². The zero-order valence-corrected chi connectivity index (χ0v) is 13.8. The lowest BCUT2D eigenvalue weighted by atomic mass is 10.1. The number of halogens is 3. The van der Waals surface area contributed by atoms with Crippen LogP contribution in [-0.2, 0) is 11.0 Å². The van der Waals surface area contributed by atoms with Gasteiger partial charge in [0, 0.05) is 23.4 Å². The lowest BCUT2D eigenvalue weighted by Gasteiger charge is -2.26. The van der Waals surface area contributed by atoms with Gasteiger partial charge in [-0.3, -0.25) is 4.79 Å². The first-order valence-electron chi connectivity index (χ1n) is 7.43. The van der Waals surface area contributed by atoms with E-state index < -0.39 is 34.3 Å². The van der Waals surface area contributed by atoms with Gasteiger partial charge in [-0.2, -0.15) is 0 Å². The summed E-state index contributed by atoms with van der Waals surface area (Å²) in [5, 5.41) is 5.42. The minimum absolute atomic E-state index is 0.141. The Bertz CT molecular complexity index is 853. The van der Waals surface area contributed by atoms with E-state index in [4.69, 9.17) is 0 Å². The largest absolute Gasteiger partial charge is 0.368 e. The maximum Gasteiger partial charge on any atom is 0.255 e. The van der Waals surface area contributed by atoms with Crippen LogP contribution in [0, 0.1) is 17.5 Å². The molecular formula is C16H14F3N3O2S. The van der Waals surface area contributed by atoms with Gasteiger partial charge >= 0.3 is 0 Å². The van der Waals surface area contributed by atoms with Gasteiger partial charge in [0.1, 0.15) is 11.0 Å². The number of hydrogen-bond donors (Lipinski definition) is 3. The van der Waals surface area contributed by atoms with E-state index in [1.54, 1.807) is 6.07 Å². The number of carbonyl (C=O) groups is 1. The Balaban J connectivity index is 1.84. The van der Waals surface area contributed by atoms with Crippen LogP contribution in [-0.4, -0.2) is 16.3 Å². The van der Waals surface area contributed by atoms with Crippen LogP contribution in [0.5, 0.6) is 0 Å². The maximum absolute atomic E-state index is 13.2. The van der Waals surface area contributed by atoms with Crippen molar-refractivity contribution in [1.82, 2.24) is 4.72 Å². The van der Waals surface area contributed by atoms with E-state index >= 15 is 0 Å². The number of amides is 1. The molecule has 1 aliphatic rings. The summed E-state index contributed by atoms with van der Waals surface area (Å²) in [5.41, 5.74) is 0.567. The zero-order valence-electron chi connectivity index (χ0n) is 13.0. The number of carbonyl (C=O) groups excluding carboxylic acids is 1. The predicted octanol–water partition coefficient (Wildman–Crippen LogP) is 3.13. The summed E-state index contributed by atoms with van der Waals surface area (Å²) in [6.45, 7) is 1.93. The molecule has 0 fully saturated rings. The Morgan fingerprint density at radius 2 is 1.88 bits per heavy atom. The lowest BCUT2D eigenvalue weighted by Crippen LogP contribution is -2.41. The zero-order chi connectivity index (χ0) is 18.1. The Kier molecular flexibility index (Phi) is 4.78. The molecule has 2 atom stereocenters. The van der Waals surface area contributed by atoms with E-state index in [1.165, 1.54) is 12.1 Å². The van der Waals surface area contributed by atoms with E-state index in [9.17, 15) is 22.2 Å². The number of rotatable bonds is 3. The predicted molar refractivity (Wildman–Crippen MR) is 88.0 cm³/mol. The smallest absolute Gasteiger partial charge is 0.255 e. The van der Waals surface area contributed by atoms with Crippen LogP contribution in [0.25, 0.3) is 0 Å². The van der Waals surface area contributed by atoms with E-state index in [0.717, 1.165) is 6.42 Å². The fourth-order valence-corrected chi connectivity index (χ4v) is 3.53. The quantitative estimate of drug-likeness (QED) is 0.728. The van der Waals surface area contributed by atoms with Crippen LogP contribution in [0.4, 0.5) is 24.5 Å². The van der Waals surface area contributed by atoms with Gasteiger partial charge in [0.25, 0.3) is 5.91 Å². The number of fused-ring (bicyclic) bond motifs is 1. The molecule has 9 heteroatoms. The molecule has 3 N–H and O–H groups in total. The average Bonchev–Trinajstić information content (AvgIpc) is 2.59. The number of hydrogen-bond acceptors (Lipinski definition) is 3. The Morgan fingerprint density at radius 3 is 2.52 bits per heavy atom. The second-order valence-electron chi connectivity index (χ2n) is 5.41. The number of benzene rings is 2. The van der Waals surface area contributed by atoms with Gasteiger partial charge in [-0.15, -0.1) is 0 Å². The van der Waals surface area contributed by atoms with Crippen molar-refractivity contribution in [2.45, 2.75) is 24.4 Å². The van der Waals surface area contributed by atoms with Gasteiger partial charge in [-0.05, 0) is 24.6 Å². The molecular weight excluding hydrogens is 355 g/mol. The topological polar surface area (TPSA) is 70.2 Å². The Morgan fingerprint density at radius 1 is 1.20 bits per heavy atom. The Labute approximate surface area is 144 Å². The highest BCUT2D eigenvalue weighted by Gasteiger charge is 2.23. The summed E-state index contributed by atoms with van der Waals surface area (Å²) >= 11 is 0. The van der Waals surface area contributed by atoms with E-state index in [2.05, 4.69) is 15.4 Å². The van der Waals surface area contributed by atoms with Gasteiger partial charge in [-0.25, -0.2) is 22.1 Å². The van der Waals surface area contributed by atoms with E-state index in [1.807, 2.05) is 6.92 Å². The summed E-state index contributed by atoms with van der Waals surface area (Å²) in [7, 11) is -1.49. The molecule has 2 aromatic carbocycles. The fraction of sp³-hybridized carbons (Fsp3) is 0.188. The standard InChI is InChI=1S/C16H14F3N3O2S/c1-2-14-21-12-4-3-8(5-13(12)25(24)22-14)16(23)20-9-6-10(17)15(19)11(18)7-9/h3-7,14,21-22H,2H2,1H3,(H,20,23). The van der Waals surface area contributed by atoms with Crippen LogP contribution in [0.1, 0.15) is 23.7 Å². The van der Waals surface area contributed by atoms with Crippen LogP contribution >= 0.6 is 0 Å². The van der Waals surface area contributed by atoms with Crippen molar-refractivity contribution in [2.24, 2.45) is 0 Å². The third-order valence-electron chi connectivity index (χ3n) is 3.67. The minimum Gasteiger partial charge on any atom is -0.368 e. The molecule has 0 spiro atoms. The third kappa shape index (κ3) is 3.52. The average molecular weight is 369 g/mol. The van der Waals surface area contributed by atoms with Crippen molar-refractivity contribution in [3.8, 4) is 0 Å². The van der Waals surface area contributed by atoms with Gasteiger partial charge in [-0.1, -0.05) is 6.92 Å². The third-order valence-corrected chi connectivity index (χ3v) is 4.91. The van der Waals surface area contributed by atoms with Crippen molar-refractivity contribution in [1.29, 1.82) is 0 Å². The molecule has 132 valence electrons. The first-order chi connectivity index (χ1) is 11.9. The molecule has 0 radical (unpaired) electrons. The molecule has 1 amide bonds. The molecule has 0 bridgehead atoms. The van der Waals surface area contributed by atoms with Gasteiger partial charge in [0.05, 0.1) is 16.7 Å². The summed E-state index contributed by atoms with van der Waals surface area (Å²) < 4.78 is 54.4. The van der Waals surface area contributed by atoms with E-state index in [0.29, 0.717) is 22.7 Å².